The van der Waals surface area contributed by atoms with Crippen LogP contribution < -0.4 is 5.73 Å². The summed E-state index contributed by atoms with van der Waals surface area (Å²) >= 11 is 0. The van der Waals surface area contributed by atoms with E-state index >= 15 is 0 Å². The van der Waals surface area contributed by atoms with Crippen molar-refractivity contribution in [3.63, 3.8) is 0 Å². The third-order valence-electron chi connectivity index (χ3n) is 3.62. The maximum Gasteiger partial charge on any atom is 0.416 e. The molecule has 0 aliphatic heterocycles. The molecule has 2 atom stereocenters. The number of nitrogens with two attached hydrogens (primary N) is 1. The maximum atomic E-state index is 13.7. The summed E-state index contributed by atoms with van der Waals surface area (Å²) in [4.78, 5) is 4.07. The van der Waals surface area contributed by atoms with Crippen LogP contribution in [0.15, 0.2) is 36.5 Å². The first-order valence-corrected chi connectivity index (χ1v) is 6.45. The second-order valence-electron chi connectivity index (χ2n) is 5.18. The van der Waals surface area contributed by atoms with Gasteiger partial charge in [-0.3, -0.25) is 4.98 Å². The lowest BCUT2D eigenvalue weighted by molar-refractivity contribution is -0.137. The number of hydrogen-bond donors (Lipinski definition) is 1. The Kier molecular flexibility index (Phi) is 4.44. The van der Waals surface area contributed by atoms with Crippen LogP contribution in [-0.2, 0) is 6.18 Å². The summed E-state index contributed by atoms with van der Waals surface area (Å²) in [5.74, 6) is -0.482. The monoisotopic (exact) mass is 332 g/mol. The molecule has 2 nitrogen and oxygen atoms in total. The summed E-state index contributed by atoms with van der Waals surface area (Å²) in [5, 5.41) is 0. The highest BCUT2D eigenvalue weighted by Crippen LogP contribution is 2.39. The molecule has 0 amide bonds. The molecule has 0 unspecified atom stereocenters. The van der Waals surface area contributed by atoms with Crippen LogP contribution in [0.5, 0.6) is 0 Å². The van der Waals surface area contributed by atoms with E-state index in [1.54, 1.807) is 12.3 Å². The highest BCUT2D eigenvalue weighted by molar-refractivity contribution is 5.85. The van der Waals surface area contributed by atoms with Crippen LogP contribution in [-0.4, -0.2) is 11.0 Å². The second kappa shape index (κ2) is 5.85. The standard InChI is InChI=1S/C15H12F4N2.ClH/c16-12-3-2-9(15(17,18)19)5-11(12)14-4-1-8(7-21-14)10-6-13(10)20;/h1-5,7,10,13H,6,20H2;1H/t10-,13+;/m0./s1. The highest BCUT2D eigenvalue weighted by Gasteiger charge is 2.35. The van der Waals surface area contributed by atoms with E-state index in [0.717, 1.165) is 30.2 Å². The summed E-state index contributed by atoms with van der Waals surface area (Å²) in [5.41, 5.74) is 5.78. The zero-order valence-corrected chi connectivity index (χ0v) is 12.1. The average Bonchev–Trinajstić information content (AvgIpc) is 3.15. The van der Waals surface area contributed by atoms with Gasteiger partial charge in [-0.2, -0.15) is 13.2 Å². The molecule has 7 heteroatoms. The Hall–Kier alpha value is -1.66. The van der Waals surface area contributed by atoms with E-state index in [2.05, 4.69) is 4.98 Å². The molecule has 1 fully saturated rings. The Balaban J connectivity index is 0.00000176. The van der Waals surface area contributed by atoms with Crippen LogP contribution in [0, 0.1) is 5.82 Å². The first-order chi connectivity index (χ1) is 9.86. The maximum absolute atomic E-state index is 13.7. The summed E-state index contributed by atoms with van der Waals surface area (Å²) < 4.78 is 51.8. The summed E-state index contributed by atoms with van der Waals surface area (Å²) in [6.45, 7) is 0. The van der Waals surface area contributed by atoms with Crippen molar-refractivity contribution in [2.75, 3.05) is 0 Å². The molecule has 118 valence electrons. The van der Waals surface area contributed by atoms with Gasteiger partial charge in [-0.15, -0.1) is 12.4 Å². The van der Waals surface area contributed by atoms with E-state index < -0.39 is 17.6 Å². The van der Waals surface area contributed by atoms with E-state index in [1.165, 1.54) is 6.07 Å². The molecule has 1 aromatic heterocycles. The number of rotatable bonds is 2. The van der Waals surface area contributed by atoms with Crippen molar-refractivity contribution in [3.05, 3.63) is 53.5 Å². The van der Waals surface area contributed by atoms with E-state index in [0.29, 0.717) is 0 Å². The van der Waals surface area contributed by atoms with Crippen molar-refractivity contribution in [1.29, 1.82) is 0 Å². The molecule has 0 bridgehead atoms. The number of aromatic nitrogens is 1. The predicted octanol–water partition coefficient (Wildman–Crippen LogP) is 4.14. The van der Waals surface area contributed by atoms with Gasteiger partial charge in [0.25, 0.3) is 0 Å². The van der Waals surface area contributed by atoms with E-state index in [9.17, 15) is 17.6 Å². The van der Waals surface area contributed by atoms with Gasteiger partial charge in [0.2, 0.25) is 0 Å². The Morgan fingerprint density at radius 2 is 1.82 bits per heavy atom. The van der Waals surface area contributed by atoms with Crippen molar-refractivity contribution >= 4 is 12.4 Å². The number of benzene rings is 1. The quantitative estimate of drug-likeness (QED) is 0.839. The van der Waals surface area contributed by atoms with E-state index in [4.69, 9.17) is 5.73 Å². The van der Waals surface area contributed by atoms with Gasteiger partial charge in [0.1, 0.15) is 5.82 Å². The molecule has 0 saturated heterocycles. The number of halogens is 5. The Bertz CT molecular complexity index is 670. The van der Waals surface area contributed by atoms with Crippen molar-refractivity contribution in [2.24, 2.45) is 5.73 Å². The SMILES string of the molecule is Cl.N[C@@H]1C[C@H]1c1ccc(-c2cc(C(F)(F)F)ccc2F)nc1. The minimum atomic E-state index is -4.51. The molecule has 1 aromatic carbocycles. The molecular weight excluding hydrogens is 320 g/mol. The lowest BCUT2D eigenvalue weighted by atomic mass is 10.1. The van der Waals surface area contributed by atoms with Crippen LogP contribution >= 0.6 is 12.4 Å². The zero-order valence-electron chi connectivity index (χ0n) is 11.3. The fourth-order valence-electron chi connectivity index (χ4n) is 2.28. The molecule has 2 aromatic rings. The fraction of sp³-hybridized carbons (Fsp3) is 0.267. The third kappa shape index (κ3) is 3.23. The van der Waals surface area contributed by atoms with Gasteiger partial charge in [-0.1, -0.05) is 6.07 Å². The summed E-state index contributed by atoms with van der Waals surface area (Å²) in [6, 6.07) is 5.68. The van der Waals surface area contributed by atoms with Crippen LogP contribution in [0.25, 0.3) is 11.3 Å². The predicted molar refractivity (Wildman–Crippen MR) is 77.2 cm³/mol. The first kappa shape index (κ1) is 16.7. The lowest BCUT2D eigenvalue weighted by Gasteiger charge is -2.10. The topological polar surface area (TPSA) is 38.9 Å². The molecule has 1 aliphatic rings. The Morgan fingerprint density at radius 3 is 2.32 bits per heavy atom. The number of hydrogen-bond acceptors (Lipinski definition) is 2. The van der Waals surface area contributed by atoms with Crippen LogP contribution in [0.1, 0.15) is 23.5 Å². The Labute approximate surface area is 130 Å². The second-order valence-corrected chi connectivity index (χ2v) is 5.18. The molecule has 0 radical (unpaired) electrons. The highest BCUT2D eigenvalue weighted by atomic mass is 35.5. The number of nitrogens with zero attached hydrogens (tertiary/aromatic N) is 1. The van der Waals surface area contributed by atoms with Crippen LogP contribution in [0.3, 0.4) is 0 Å². The zero-order chi connectivity index (χ0) is 15.2. The molecular formula is C15H13ClF4N2. The average molecular weight is 333 g/mol. The first-order valence-electron chi connectivity index (χ1n) is 6.45. The molecule has 22 heavy (non-hydrogen) atoms. The molecule has 1 heterocycles. The minimum Gasteiger partial charge on any atom is -0.327 e. The molecule has 1 saturated carbocycles. The van der Waals surface area contributed by atoms with Gasteiger partial charge >= 0.3 is 6.18 Å². The lowest BCUT2D eigenvalue weighted by Crippen LogP contribution is -2.05. The number of alkyl halides is 3. The fourth-order valence-corrected chi connectivity index (χ4v) is 2.28. The minimum absolute atomic E-state index is 0. The third-order valence-corrected chi connectivity index (χ3v) is 3.62. The summed E-state index contributed by atoms with van der Waals surface area (Å²) in [7, 11) is 0. The molecule has 3 rings (SSSR count). The Morgan fingerprint density at radius 1 is 1.14 bits per heavy atom. The van der Waals surface area contributed by atoms with Crippen molar-refractivity contribution < 1.29 is 17.6 Å². The van der Waals surface area contributed by atoms with Crippen molar-refractivity contribution in [1.82, 2.24) is 4.98 Å². The van der Waals surface area contributed by atoms with Crippen LogP contribution in [0.4, 0.5) is 17.6 Å². The van der Waals surface area contributed by atoms with Gasteiger partial charge in [0.15, 0.2) is 0 Å². The van der Waals surface area contributed by atoms with Crippen LogP contribution in [0.2, 0.25) is 0 Å². The summed E-state index contributed by atoms with van der Waals surface area (Å²) in [6.07, 6.45) is -2.09. The molecule has 1 aliphatic carbocycles. The van der Waals surface area contributed by atoms with Gasteiger partial charge in [0, 0.05) is 23.7 Å². The van der Waals surface area contributed by atoms with Gasteiger partial charge in [0.05, 0.1) is 11.3 Å². The van der Waals surface area contributed by atoms with Crippen molar-refractivity contribution in [3.8, 4) is 11.3 Å². The number of pyridine rings is 1. The normalized spacial score (nSPS) is 20.4. The smallest absolute Gasteiger partial charge is 0.327 e. The van der Waals surface area contributed by atoms with Gasteiger partial charge in [-0.25, -0.2) is 4.39 Å². The van der Waals surface area contributed by atoms with Gasteiger partial charge in [-0.05, 0) is 36.2 Å². The van der Waals surface area contributed by atoms with E-state index in [-0.39, 0.29) is 35.6 Å². The van der Waals surface area contributed by atoms with E-state index in [1.807, 2.05) is 0 Å². The molecule has 0 spiro atoms. The van der Waals surface area contributed by atoms with Gasteiger partial charge < -0.3 is 5.73 Å². The van der Waals surface area contributed by atoms with Crippen molar-refractivity contribution in [2.45, 2.75) is 24.6 Å². The molecule has 2 N–H and O–H groups in total. The largest absolute Gasteiger partial charge is 0.416 e.